The van der Waals surface area contributed by atoms with Crippen LogP contribution in [0.2, 0.25) is 0 Å². The highest BCUT2D eigenvalue weighted by molar-refractivity contribution is 9.10. The lowest BCUT2D eigenvalue weighted by Gasteiger charge is -2.41. The number of hydrogen-bond donors (Lipinski definition) is 2. The van der Waals surface area contributed by atoms with Crippen LogP contribution >= 0.6 is 15.9 Å². The first kappa shape index (κ1) is 12.1. The van der Waals surface area contributed by atoms with E-state index in [1.54, 1.807) is 0 Å². The van der Waals surface area contributed by atoms with Crippen LogP contribution in [-0.2, 0) is 6.54 Å². The Labute approximate surface area is 105 Å². The quantitative estimate of drug-likeness (QED) is 0.891. The lowest BCUT2D eigenvalue weighted by Crippen LogP contribution is -2.53. The molecule has 0 heterocycles. The van der Waals surface area contributed by atoms with E-state index in [-0.39, 0.29) is 12.1 Å². The molecule has 3 heteroatoms. The molecule has 0 aromatic heterocycles. The van der Waals surface area contributed by atoms with E-state index in [1.165, 1.54) is 17.5 Å². The third-order valence-electron chi connectivity index (χ3n) is 3.57. The van der Waals surface area contributed by atoms with Crippen LogP contribution in [0.5, 0.6) is 0 Å². The van der Waals surface area contributed by atoms with Crippen LogP contribution in [0.15, 0.2) is 22.7 Å². The zero-order valence-electron chi connectivity index (χ0n) is 9.59. The van der Waals surface area contributed by atoms with Crippen LogP contribution in [0.1, 0.15) is 30.4 Å². The van der Waals surface area contributed by atoms with Crippen LogP contribution in [0, 0.1) is 6.92 Å². The van der Waals surface area contributed by atoms with Gasteiger partial charge in [-0.15, -0.1) is 0 Å². The van der Waals surface area contributed by atoms with E-state index < -0.39 is 0 Å². The molecular weight excluding hydrogens is 266 g/mol. The minimum atomic E-state index is -0.000483. The van der Waals surface area contributed by atoms with Gasteiger partial charge in [0.15, 0.2) is 0 Å². The summed E-state index contributed by atoms with van der Waals surface area (Å²) in [5, 5.41) is 12.9. The minimum absolute atomic E-state index is 0.000483. The topological polar surface area (TPSA) is 32.3 Å². The molecule has 0 aliphatic heterocycles. The first-order valence-corrected chi connectivity index (χ1v) is 6.55. The van der Waals surface area contributed by atoms with Gasteiger partial charge in [-0.1, -0.05) is 22.0 Å². The van der Waals surface area contributed by atoms with Gasteiger partial charge < -0.3 is 10.4 Å². The zero-order chi connectivity index (χ0) is 11.6. The van der Waals surface area contributed by atoms with Crippen LogP contribution in [-0.4, -0.2) is 17.3 Å². The number of halogens is 1. The molecule has 1 aliphatic carbocycles. The third-order valence-corrected chi connectivity index (χ3v) is 4.07. The second kappa shape index (κ2) is 4.86. The second-order valence-electron chi connectivity index (χ2n) is 4.72. The zero-order valence-corrected chi connectivity index (χ0v) is 11.2. The highest BCUT2D eigenvalue weighted by Crippen LogP contribution is 2.31. The van der Waals surface area contributed by atoms with Crippen molar-refractivity contribution < 1.29 is 5.11 Å². The fraction of sp³-hybridized carbons (Fsp3) is 0.538. The van der Waals surface area contributed by atoms with Gasteiger partial charge in [0, 0.05) is 16.6 Å². The normalized spacial score (nSPS) is 18.2. The summed E-state index contributed by atoms with van der Waals surface area (Å²) in [5.41, 5.74) is 2.59. The van der Waals surface area contributed by atoms with Crippen molar-refractivity contribution in [2.24, 2.45) is 0 Å². The average molecular weight is 284 g/mol. The molecule has 2 N–H and O–H groups in total. The van der Waals surface area contributed by atoms with Gasteiger partial charge in [0.2, 0.25) is 0 Å². The molecule has 88 valence electrons. The first-order valence-electron chi connectivity index (χ1n) is 5.76. The Morgan fingerprint density at radius 3 is 2.69 bits per heavy atom. The van der Waals surface area contributed by atoms with E-state index in [0.29, 0.717) is 0 Å². The Morgan fingerprint density at radius 2 is 2.19 bits per heavy atom. The molecule has 1 aliphatic rings. The molecular formula is C13H18BrNO. The van der Waals surface area contributed by atoms with E-state index in [0.717, 1.165) is 23.9 Å². The molecule has 1 aromatic carbocycles. The van der Waals surface area contributed by atoms with Crippen LogP contribution in [0.25, 0.3) is 0 Å². The van der Waals surface area contributed by atoms with Gasteiger partial charge in [-0.25, -0.2) is 0 Å². The van der Waals surface area contributed by atoms with E-state index in [9.17, 15) is 5.11 Å². The maximum atomic E-state index is 9.36. The summed E-state index contributed by atoms with van der Waals surface area (Å²) in [5.74, 6) is 0. The number of rotatable bonds is 4. The van der Waals surface area contributed by atoms with E-state index >= 15 is 0 Å². The molecule has 0 saturated heterocycles. The van der Waals surface area contributed by atoms with Gasteiger partial charge in [-0.3, -0.25) is 0 Å². The van der Waals surface area contributed by atoms with Gasteiger partial charge in [0.1, 0.15) is 0 Å². The summed E-state index contributed by atoms with van der Waals surface area (Å²) in [6, 6.07) is 6.33. The molecule has 1 saturated carbocycles. The standard InChI is InChI=1S/C13H18BrNO/c1-10-7-12(14)4-3-11(10)8-15-13(9-16)5-2-6-13/h3-4,7,15-16H,2,5-6,8-9H2,1H3. The van der Waals surface area contributed by atoms with Crippen molar-refractivity contribution in [2.75, 3.05) is 6.61 Å². The summed E-state index contributed by atoms with van der Waals surface area (Å²) in [6.07, 6.45) is 3.42. The lowest BCUT2D eigenvalue weighted by atomic mass is 9.77. The third kappa shape index (κ3) is 2.47. The van der Waals surface area contributed by atoms with E-state index in [1.807, 2.05) is 0 Å². The Kier molecular flexibility index (Phi) is 3.67. The van der Waals surface area contributed by atoms with Crippen molar-refractivity contribution in [3.63, 3.8) is 0 Å². The summed E-state index contributed by atoms with van der Waals surface area (Å²) < 4.78 is 1.12. The Morgan fingerprint density at radius 1 is 1.44 bits per heavy atom. The van der Waals surface area contributed by atoms with Gasteiger partial charge >= 0.3 is 0 Å². The van der Waals surface area contributed by atoms with Crippen LogP contribution in [0.4, 0.5) is 0 Å². The predicted octanol–water partition coefficient (Wildman–Crippen LogP) is 2.76. The molecule has 2 nitrogen and oxygen atoms in total. The van der Waals surface area contributed by atoms with Crippen molar-refractivity contribution >= 4 is 15.9 Å². The predicted molar refractivity (Wildman–Crippen MR) is 69.4 cm³/mol. The number of nitrogens with one attached hydrogen (secondary N) is 1. The van der Waals surface area contributed by atoms with Gasteiger partial charge in [-0.2, -0.15) is 0 Å². The van der Waals surface area contributed by atoms with Gasteiger partial charge in [0.25, 0.3) is 0 Å². The fourth-order valence-corrected chi connectivity index (χ4v) is 2.61. The first-order chi connectivity index (χ1) is 7.65. The van der Waals surface area contributed by atoms with Crippen molar-refractivity contribution in [3.8, 4) is 0 Å². The fourth-order valence-electron chi connectivity index (χ4n) is 2.13. The summed E-state index contributed by atoms with van der Waals surface area (Å²) >= 11 is 3.46. The number of aliphatic hydroxyl groups is 1. The highest BCUT2D eigenvalue weighted by atomic mass is 79.9. The van der Waals surface area contributed by atoms with Crippen molar-refractivity contribution in [1.29, 1.82) is 0 Å². The average Bonchev–Trinajstić information content (AvgIpc) is 2.19. The van der Waals surface area contributed by atoms with Crippen molar-refractivity contribution in [2.45, 2.75) is 38.3 Å². The van der Waals surface area contributed by atoms with Crippen molar-refractivity contribution in [1.82, 2.24) is 5.32 Å². The van der Waals surface area contributed by atoms with Crippen LogP contribution in [0.3, 0.4) is 0 Å². The van der Waals surface area contributed by atoms with Crippen molar-refractivity contribution in [3.05, 3.63) is 33.8 Å². The number of hydrogen-bond acceptors (Lipinski definition) is 2. The summed E-state index contributed by atoms with van der Waals surface area (Å²) in [4.78, 5) is 0. The lowest BCUT2D eigenvalue weighted by molar-refractivity contribution is 0.0871. The number of aryl methyl sites for hydroxylation is 1. The van der Waals surface area contributed by atoms with E-state index in [2.05, 4.69) is 46.4 Å². The molecule has 0 spiro atoms. The largest absolute Gasteiger partial charge is 0.394 e. The minimum Gasteiger partial charge on any atom is -0.394 e. The second-order valence-corrected chi connectivity index (χ2v) is 5.63. The SMILES string of the molecule is Cc1cc(Br)ccc1CNC1(CO)CCC1. The molecule has 1 fully saturated rings. The summed E-state index contributed by atoms with van der Waals surface area (Å²) in [7, 11) is 0. The summed E-state index contributed by atoms with van der Waals surface area (Å²) in [6.45, 7) is 3.22. The maximum absolute atomic E-state index is 9.36. The molecule has 2 rings (SSSR count). The van der Waals surface area contributed by atoms with Gasteiger partial charge in [0.05, 0.1) is 6.61 Å². The number of aliphatic hydroxyl groups excluding tert-OH is 1. The Bertz CT molecular complexity index is 369. The molecule has 0 radical (unpaired) electrons. The Balaban J connectivity index is 1.99. The monoisotopic (exact) mass is 283 g/mol. The maximum Gasteiger partial charge on any atom is 0.0613 e. The molecule has 16 heavy (non-hydrogen) atoms. The highest BCUT2D eigenvalue weighted by Gasteiger charge is 2.35. The van der Waals surface area contributed by atoms with Crippen LogP contribution < -0.4 is 5.32 Å². The number of benzene rings is 1. The Hall–Kier alpha value is -0.380. The molecule has 0 atom stereocenters. The molecule has 0 unspecified atom stereocenters. The molecule has 1 aromatic rings. The molecule has 0 bridgehead atoms. The van der Waals surface area contributed by atoms with Gasteiger partial charge in [-0.05, 0) is 49.4 Å². The van der Waals surface area contributed by atoms with E-state index in [4.69, 9.17) is 0 Å². The smallest absolute Gasteiger partial charge is 0.0613 e. The molecule has 0 amide bonds.